The lowest BCUT2D eigenvalue weighted by atomic mass is 10.5. The predicted molar refractivity (Wildman–Crippen MR) is 54.1 cm³/mol. The van der Waals surface area contributed by atoms with Gasteiger partial charge in [-0.25, -0.2) is 0 Å². The van der Waals surface area contributed by atoms with E-state index < -0.39 is 16.1 Å². The Bertz CT molecular complexity index is 237. The molecule has 0 bridgehead atoms. The van der Waals surface area contributed by atoms with Gasteiger partial charge in [-0.3, -0.25) is 9.35 Å². The first-order valence-electron chi connectivity index (χ1n) is 3.63. The predicted octanol–water partition coefficient (Wildman–Crippen LogP) is -0.878. The maximum atomic E-state index is 9.19. The highest BCUT2D eigenvalue weighted by molar-refractivity contribution is 7.85. The molecular formula is C7H16O7S. The molecule has 8 heteroatoms. The van der Waals surface area contributed by atoms with Gasteiger partial charge in [0.05, 0.1) is 19.5 Å². The minimum atomic E-state index is -3.67. The molecule has 0 fully saturated rings. The maximum absolute atomic E-state index is 9.19. The second-order valence-corrected chi connectivity index (χ2v) is 3.55. The van der Waals surface area contributed by atoms with Crippen LogP contribution in [0, 0.1) is 0 Å². The lowest BCUT2D eigenvalue weighted by Gasteiger charge is -1.73. The molecule has 15 heavy (non-hydrogen) atoms. The number of rotatable bonds is 2. The first-order chi connectivity index (χ1) is 6.65. The van der Waals surface area contributed by atoms with E-state index in [9.17, 15) is 8.42 Å². The topological polar surface area (TPSA) is 132 Å². The summed E-state index contributed by atoms with van der Waals surface area (Å²) in [4.78, 5) is 9.00. The molecule has 0 amide bonds. The number of aliphatic hydroxyl groups is 2. The van der Waals surface area contributed by atoms with Gasteiger partial charge in [0.25, 0.3) is 16.1 Å². The van der Waals surface area contributed by atoms with Gasteiger partial charge in [0.2, 0.25) is 0 Å². The van der Waals surface area contributed by atoms with Gasteiger partial charge in [0, 0.05) is 6.92 Å². The van der Waals surface area contributed by atoms with Crippen molar-refractivity contribution >= 4 is 16.1 Å². The largest absolute Gasteiger partial charge is 0.481 e. The van der Waals surface area contributed by atoms with Crippen molar-refractivity contribution in [1.82, 2.24) is 0 Å². The zero-order chi connectivity index (χ0) is 12.9. The van der Waals surface area contributed by atoms with Crippen LogP contribution in [0.2, 0.25) is 0 Å². The van der Waals surface area contributed by atoms with Gasteiger partial charge in [0.1, 0.15) is 0 Å². The molecule has 0 radical (unpaired) electrons. The summed E-state index contributed by atoms with van der Waals surface area (Å²) in [6, 6.07) is 0. The van der Waals surface area contributed by atoms with Crippen LogP contribution in [-0.4, -0.2) is 53.7 Å². The van der Waals surface area contributed by atoms with Crippen molar-refractivity contribution in [2.75, 3.05) is 19.5 Å². The van der Waals surface area contributed by atoms with E-state index in [1.54, 1.807) is 0 Å². The molecule has 0 saturated carbocycles. The van der Waals surface area contributed by atoms with E-state index in [0.717, 1.165) is 6.92 Å². The van der Waals surface area contributed by atoms with Gasteiger partial charge in [0.15, 0.2) is 0 Å². The Balaban J connectivity index is -0.000000147. The van der Waals surface area contributed by atoms with Crippen LogP contribution in [0.3, 0.4) is 0 Å². The van der Waals surface area contributed by atoms with Crippen molar-refractivity contribution in [3.63, 3.8) is 0 Å². The highest BCUT2D eigenvalue weighted by atomic mass is 32.2. The fourth-order valence-corrected chi connectivity index (χ4v) is 0.149. The molecule has 0 aromatic rings. The average Bonchev–Trinajstić information content (AvgIpc) is 1.96. The number of carbonyl (C=O) groups is 1. The van der Waals surface area contributed by atoms with Crippen molar-refractivity contribution in [1.29, 1.82) is 0 Å². The van der Waals surface area contributed by atoms with Crippen LogP contribution in [0.5, 0.6) is 0 Å². The number of aliphatic hydroxyl groups excluding tert-OH is 2. The molecule has 0 aliphatic heterocycles. The molecule has 92 valence electrons. The fraction of sp³-hybridized carbons (Fsp3) is 0.571. The van der Waals surface area contributed by atoms with Gasteiger partial charge < -0.3 is 15.3 Å². The summed E-state index contributed by atoms with van der Waals surface area (Å²) in [6.07, 6.45) is 3.69. The Morgan fingerprint density at radius 2 is 1.33 bits per heavy atom. The Kier molecular flexibility index (Phi) is 17.0. The quantitative estimate of drug-likeness (QED) is 0.366. The number of hydrogen-bond donors (Lipinski definition) is 4. The van der Waals surface area contributed by atoms with Crippen LogP contribution < -0.4 is 0 Å². The third kappa shape index (κ3) is 382. The van der Waals surface area contributed by atoms with Gasteiger partial charge in [-0.2, -0.15) is 8.42 Å². The number of aliphatic carboxylic acids is 1. The fourth-order valence-electron chi connectivity index (χ4n) is 0.149. The Labute approximate surface area is 88.4 Å². The van der Waals surface area contributed by atoms with Crippen LogP contribution >= 0.6 is 0 Å². The smallest absolute Gasteiger partial charge is 0.300 e. The standard InChI is InChI=1S/C4H8O2.C2H4O2.CH4O3S/c5-3-1-2-4-6;1-2(3)4;1-5(2,3)4/h1-2,5-6H,3-4H2;1H3,(H,3,4);1H3,(H,2,3,4). The van der Waals surface area contributed by atoms with E-state index in [1.807, 2.05) is 0 Å². The van der Waals surface area contributed by atoms with Gasteiger partial charge in [-0.1, -0.05) is 12.2 Å². The van der Waals surface area contributed by atoms with Crippen molar-refractivity contribution < 1.29 is 33.1 Å². The first-order valence-corrected chi connectivity index (χ1v) is 5.48. The van der Waals surface area contributed by atoms with Crippen molar-refractivity contribution in [3.05, 3.63) is 12.2 Å². The summed E-state index contributed by atoms with van der Waals surface area (Å²) < 4.78 is 25.9. The third-order valence-corrected chi connectivity index (χ3v) is 0.377. The van der Waals surface area contributed by atoms with Crippen molar-refractivity contribution in [2.24, 2.45) is 0 Å². The molecule has 0 aromatic carbocycles. The molecule has 0 aromatic heterocycles. The van der Waals surface area contributed by atoms with Crippen LogP contribution in [0.25, 0.3) is 0 Å². The molecule has 0 rings (SSSR count). The molecule has 0 saturated heterocycles. The zero-order valence-electron chi connectivity index (χ0n) is 8.49. The van der Waals surface area contributed by atoms with E-state index in [1.165, 1.54) is 12.2 Å². The van der Waals surface area contributed by atoms with E-state index in [0.29, 0.717) is 6.26 Å². The molecule has 0 heterocycles. The minimum absolute atomic E-state index is 0.0144. The van der Waals surface area contributed by atoms with Crippen LogP contribution in [0.15, 0.2) is 12.2 Å². The second kappa shape index (κ2) is 13.0. The molecular weight excluding hydrogens is 228 g/mol. The molecule has 0 unspecified atom stereocenters. The van der Waals surface area contributed by atoms with E-state index in [4.69, 9.17) is 24.7 Å². The molecule has 0 spiro atoms. The van der Waals surface area contributed by atoms with E-state index in [-0.39, 0.29) is 13.2 Å². The Morgan fingerprint density at radius 3 is 1.40 bits per heavy atom. The molecule has 4 N–H and O–H groups in total. The summed E-state index contributed by atoms with van der Waals surface area (Å²) in [6.45, 7) is 1.11. The Hall–Kier alpha value is -0.960. The molecule has 7 nitrogen and oxygen atoms in total. The monoisotopic (exact) mass is 244 g/mol. The highest BCUT2D eigenvalue weighted by Crippen LogP contribution is 1.63. The lowest BCUT2D eigenvalue weighted by molar-refractivity contribution is -0.134. The number of hydrogen-bond acceptors (Lipinski definition) is 5. The first kappa shape index (κ1) is 19.6. The maximum Gasteiger partial charge on any atom is 0.300 e. The number of carboxylic acids is 1. The van der Waals surface area contributed by atoms with Gasteiger partial charge in [-0.15, -0.1) is 0 Å². The summed E-state index contributed by atoms with van der Waals surface area (Å²) in [5, 5.41) is 23.4. The zero-order valence-corrected chi connectivity index (χ0v) is 9.31. The van der Waals surface area contributed by atoms with Crippen molar-refractivity contribution in [3.8, 4) is 0 Å². The second-order valence-electron chi connectivity index (χ2n) is 2.09. The molecule has 0 aliphatic rings. The normalized spacial score (nSPS) is 9.67. The molecule has 0 aliphatic carbocycles. The average molecular weight is 244 g/mol. The molecule has 0 atom stereocenters. The highest BCUT2D eigenvalue weighted by Gasteiger charge is 1.81. The Morgan fingerprint density at radius 1 is 1.20 bits per heavy atom. The van der Waals surface area contributed by atoms with Crippen LogP contribution in [0.4, 0.5) is 0 Å². The van der Waals surface area contributed by atoms with Crippen molar-refractivity contribution in [2.45, 2.75) is 6.92 Å². The summed E-state index contributed by atoms with van der Waals surface area (Å²) in [5.74, 6) is -0.833. The number of carboxylic acid groups (broad SMARTS) is 1. The third-order valence-electron chi connectivity index (χ3n) is 0.377. The van der Waals surface area contributed by atoms with E-state index in [2.05, 4.69) is 0 Å². The summed E-state index contributed by atoms with van der Waals surface area (Å²) in [7, 11) is -3.67. The van der Waals surface area contributed by atoms with Crippen LogP contribution in [0.1, 0.15) is 6.92 Å². The van der Waals surface area contributed by atoms with Gasteiger partial charge in [-0.05, 0) is 0 Å². The lowest BCUT2D eigenvalue weighted by Crippen LogP contribution is -1.88. The van der Waals surface area contributed by atoms with Gasteiger partial charge >= 0.3 is 0 Å². The SMILES string of the molecule is CC(=O)O.CS(=O)(=O)O.OCC=CCO. The summed E-state index contributed by atoms with van der Waals surface area (Å²) >= 11 is 0. The summed E-state index contributed by atoms with van der Waals surface area (Å²) in [5.41, 5.74) is 0. The van der Waals surface area contributed by atoms with Crippen LogP contribution in [-0.2, 0) is 14.9 Å². The minimum Gasteiger partial charge on any atom is -0.481 e. The van der Waals surface area contributed by atoms with E-state index >= 15 is 0 Å².